The number of hydrogen-bond donors (Lipinski definition) is 2. The van der Waals surface area contributed by atoms with Crippen molar-refractivity contribution < 1.29 is 17.9 Å². The van der Waals surface area contributed by atoms with Gasteiger partial charge in [0.05, 0.1) is 12.7 Å². The van der Waals surface area contributed by atoms with Crippen molar-refractivity contribution in [2.24, 2.45) is 0 Å². The van der Waals surface area contributed by atoms with Crippen LogP contribution in [-0.4, -0.2) is 12.1 Å². The third-order valence-corrected chi connectivity index (χ3v) is 2.84. The summed E-state index contributed by atoms with van der Waals surface area (Å²) >= 11 is 0. The largest absolute Gasteiger partial charge is 0.481 e. The molecule has 0 radical (unpaired) electrons. The molecule has 0 fully saturated rings. The molecule has 7 heteroatoms. The topological polar surface area (TPSA) is 60.2 Å². The van der Waals surface area contributed by atoms with Crippen molar-refractivity contribution in [1.29, 1.82) is 0 Å². The first-order valence-electron chi connectivity index (χ1n) is 6.09. The molecule has 0 amide bonds. The van der Waals surface area contributed by atoms with Gasteiger partial charge in [-0.15, -0.1) is 0 Å². The van der Waals surface area contributed by atoms with E-state index in [4.69, 9.17) is 10.5 Å². The van der Waals surface area contributed by atoms with Gasteiger partial charge in [0.15, 0.2) is 0 Å². The smallest absolute Gasteiger partial charge is 0.418 e. The fraction of sp³-hybridized carbons (Fsp3) is 0.214. The van der Waals surface area contributed by atoms with E-state index < -0.39 is 11.7 Å². The van der Waals surface area contributed by atoms with E-state index in [1.165, 1.54) is 25.4 Å². The predicted molar refractivity (Wildman–Crippen MR) is 74.0 cm³/mol. The number of nitrogens with two attached hydrogens (primary N) is 1. The summed E-state index contributed by atoms with van der Waals surface area (Å²) in [4.78, 5) is 3.93. The van der Waals surface area contributed by atoms with Crippen LogP contribution in [0.3, 0.4) is 0 Å². The van der Waals surface area contributed by atoms with Crippen LogP contribution in [0.15, 0.2) is 36.5 Å². The van der Waals surface area contributed by atoms with Crippen LogP contribution in [-0.2, 0) is 12.7 Å². The zero-order valence-electron chi connectivity index (χ0n) is 11.2. The Hall–Kier alpha value is -2.44. The van der Waals surface area contributed by atoms with Gasteiger partial charge in [-0.3, -0.25) is 0 Å². The van der Waals surface area contributed by atoms with E-state index in [2.05, 4.69) is 10.3 Å². The molecule has 3 N–H and O–H groups in total. The second-order valence-corrected chi connectivity index (χ2v) is 4.36. The Bertz CT molecular complexity index is 629. The van der Waals surface area contributed by atoms with Gasteiger partial charge >= 0.3 is 6.18 Å². The molecule has 0 aliphatic carbocycles. The molecule has 0 aliphatic heterocycles. The molecule has 2 rings (SSSR count). The monoisotopic (exact) mass is 297 g/mol. The number of aromatic nitrogens is 1. The zero-order chi connectivity index (χ0) is 15.5. The molecule has 0 spiro atoms. The summed E-state index contributed by atoms with van der Waals surface area (Å²) in [5.41, 5.74) is 5.43. The maximum Gasteiger partial charge on any atom is 0.418 e. The van der Waals surface area contributed by atoms with Gasteiger partial charge in [0.2, 0.25) is 5.88 Å². The Labute approximate surface area is 119 Å². The average Bonchev–Trinajstić information content (AvgIpc) is 2.45. The number of benzene rings is 1. The van der Waals surface area contributed by atoms with E-state index in [1.54, 1.807) is 12.1 Å². The van der Waals surface area contributed by atoms with Crippen molar-refractivity contribution >= 4 is 11.4 Å². The molecular formula is C14H14F3N3O. The number of rotatable bonds is 4. The van der Waals surface area contributed by atoms with Crippen molar-refractivity contribution in [3.8, 4) is 5.88 Å². The van der Waals surface area contributed by atoms with Crippen LogP contribution in [0.2, 0.25) is 0 Å². The molecule has 1 aromatic carbocycles. The number of halogens is 3. The van der Waals surface area contributed by atoms with Crippen molar-refractivity contribution in [1.82, 2.24) is 4.98 Å². The highest BCUT2D eigenvalue weighted by Crippen LogP contribution is 2.36. The van der Waals surface area contributed by atoms with Crippen molar-refractivity contribution in [2.75, 3.05) is 18.2 Å². The number of nitrogen functional groups attached to an aromatic ring is 1. The minimum absolute atomic E-state index is 0.0209. The minimum atomic E-state index is -4.46. The second kappa shape index (κ2) is 5.90. The molecule has 1 aromatic heterocycles. The molecule has 0 bridgehead atoms. The molecule has 0 saturated carbocycles. The molecular weight excluding hydrogens is 283 g/mol. The maximum absolute atomic E-state index is 12.9. The first kappa shape index (κ1) is 15.0. The summed E-state index contributed by atoms with van der Waals surface area (Å²) in [6, 6.07) is 6.99. The molecule has 1 heterocycles. The molecule has 0 unspecified atom stereocenters. The lowest BCUT2D eigenvalue weighted by Gasteiger charge is -2.15. The van der Waals surface area contributed by atoms with E-state index in [1.807, 2.05) is 0 Å². The summed E-state index contributed by atoms with van der Waals surface area (Å²) < 4.78 is 43.8. The van der Waals surface area contributed by atoms with Crippen LogP contribution in [0.4, 0.5) is 24.5 Å². The first-order chi connectivity index (χ1) is 9.90. The lowest BCUT2D eigenvalue weighted by Crippen LogP contribution is -2.11. The lowest BCUT2D eigenvalue weighted by atomic mass is 10.1. The van der Waals surface area contributed by atoms with Gasteiger partial charge in [0, 0.05) is 30.2 Å². The second-order valence-electron chi connectivity index (χ2n) is 4.36. The number of hydrogen-bond acceptors (Lipinski definition) is 4. The van der Waals surface area contributed by atoms with E-state index in [0.29, 0.717) is 5.88 Å². The standard InChI is InChI=1S/C14H14F3N3O/c1-21-13-6-9(4-5-19-13)8-20-12-3-2-10(18)7-11(12)14(15,16)17/h2-7,20H,8,18H2,1H3. The van der Waals surface area contributed by atoms with E-state index in [9.17, 15) is 13.2 Å². The predicted octanol–water partition coefficient (Wildman–Crippen LogP) is 3.30. The summed E-state index contributed by atoms with van der Waals surface area (Å²) in [5, 5.41) is 2.76. The first-order valence-corrected chi connectivity index (χ1v) is 6.09. The number of ether oxygens (including phenoxy) is 1. The Morgan fingerprint density at radius 1 is 1.24 bits per heavy atom. The van der Waals surface area contributed by atoms with E-state index in [-0.39, 0.29) is 17.9 Å². The molecule has 0 atom stereocenters. The molecule has 112 valence electrons. The third kappa shape index (κ3) is 3.77. The van der Waals surface area contributed by atoms with Crippen molar-refractivity contribution in [2.45, 2.75) is 12.7 Å². The quantitative estimate of drug-likeness (QED) is 0.850. The van der Waals surface area contributed by atoms with E-state index in [0.717, 1.165) is 11.6 Å². The number of anilines is 2. The average molecular weight is 297 g/mol. The van der Waals surface area contributed by atoms with Crippen LogP contribution >= 0.6 is 0 Å². The lowest BCUT2D eigenvalue weighted by molar-refractivity contribution is -0.136. The van der Waals surface area contributed by atoms with Gasteiger partial charge in [-0.25, -0.2) is 4.98 Å². The van der Waals surface area contributed by atoms with Gasteiger partial charge < -0.3 is 15.8 Å². The molecule has 2 aromatic rings. The Balaban J connectivity index is 2.20. The van der Waals surface area contributed by atoms with Crippen LogP contribution in [0.25, 0.3) is 0 Å². The number of methoxy groups -OCH3 is 1. The fourth-order valence-electron chi connectivity index (χ4n) is 1.82. The van der Waals surface area contributed by atoms with Crippen LogP contribution < -0.4 is 15.8 Å². The Morgan fingerprint density at radius 3 is 2.67 bits per heavy atom. The maximum atomic E-state index is 12.9. The van der Waals surface area contributed by atoms with Crippen LogP contribution in [0, 0.1) is 0 Å². The number of nitrogens with zero attached hydrogens (tertiary/aromatic N) is 1. The minimum Gasteiger partial charge on any atom is -0.481 e. The number of alkyl halides is 3. The summed E-state index contributed by atoms with van der Waals surface area (Å²) in [5.74, 6) is 0.405. The fourth-order valence-corrected chi connectivity index (χ4v) is 1.82. The number of pyridine rings is 1. The normalized spacial score (nSPS) is 11.2. The summed E-state index contributed by atoms with van der Waals surface area (Å²) in [6.07, 6.45) is -2.93. The SMILES string of the molecule is COc1cc(CNc2ccc(N)cc2C(F)(F)F)ccn1. The number of nitrogens with one attached hydrogen (secondary N) is 1. The highest BCUT2D eigenvalue weighted by molar-refractivity contribution is 5.59. The van der Waals surface area contributed by atoms with Gasteiger partial charge in [-0.1, -0.05) is 0 Å². The van der Waals surface area contributed by atoms with Crippen LogP contribution in [0.5, 0.6) is 5.88 Å². The van der Waals surface area contributed by atoms with E-state index >= 15 is 0 Å². The Kier molecular flexibility index (Phi) is 4.21. The molecule has 21 heavy (non-hydrogen) atoms. The van der Waals surface area contributed by atoms with Crippen LogP contribution in [0.1, 0.15) is 11.1 Å². The molecule has 0 aliphatic rings. The third-order valence-electron chi connectivity index (χ3n) is 2.84. The molecule has 0 saturated heterocycles. The van der Waals surface area contributed by atoms with Gasteiger partial charge in [-0.05, 0) is 29.8 Å². The molecule has 4 nitrogen and oxygen atoms in total. The van der Waals surface area contributed by atoms with Gasteiger partial charge in [0.1, 0.15) is 0 Å². The summed E-state index contributed by atoms with van der Waals surface area (Å²) in [7, 11) is 1.47. The zero-order valence-corrected chi connectivity index (χ0v) is 11.2. The Morgan fingerprint density at radius 2 is 2.00 bits per heavy atom. The van der Waals surface area contributed by atoms with Gasteiger partial charge in [-0.2, -0.15) is 13.2 Å². The van der Waals surface area contributed by atoms with Crippen molar-refractivity contribution in [3.63, 3.8) is 0 Å². The summed E-state index contributed by atoms with van der Waals surface area (Å²) in [6.45, 7) is 0.214. The highest BCUT2D eigenvalue weighted by atomic mass is 19.4. The highest BCUT2D eigenvalue weighted by Gasteiger charge is 2.33. The van der Waals surface area contributed by atoms with Crippen molar-refractivity contribution in [3.05, 3.63) is 47.7 Å². The van der Waals surface area contributed by atoms with Gasteiger partial charge in [0.25, 0.3) is 0 Å².